The minimum Gasteiger partial charge on any atom is -0.497 e. The average Bonchev–Trinajstić information content (AvgIpc) is 2.53. The van der Waals surface area contributed by atoms with Gasteiger partial charge in [0.25, 0.3) is 5.91 Å². The Morgan fingerprint density at radius 3 is 2.70 bits per heavy atom. The SMILES string of the molecule is COc1ccc(OCC(=O)N2CCCCC2)c(C=O)c1. The third-order valence-corrected chi connectivity index (χ3v) is 3.40. The highest BCUT2D eigenvalue weighted by Gasteiger charge is 2.17. The molecule has 1 aliphatic rings. The summed E-state index contributed by atoms with van der Waals surface area (Å²) in [5, 5.41) is 0. The van der Waals surface area contributed by atoms with Gasteiger partial charge in [-0.2, -0.15) is 0 Å². The van der Waals surface area contributed by atoms with Crippen LogP contribution in [0.15, 0.2) is 18.2 Å². The van der Waals surface area contributed by atoms with Crippen LogP contribution in [-0.2, 0) is 4.79 Å². The molecule has 0 N–H and O–H groups in total. The van der Waals surface area contributed by atoms with E-state index in [1.807, 2.05) is 4.90 Å². The fourth-order valence-corrected chi connectivity index (χ4v) is 2.25. The number of hydrogen-bond acceptors (Lipinski definition) is 4. The lowest BCUT2D eigenvalue weighted by Crippen LogP contribution is -2.38. The van der Waals surface area contributed by atoms with E-state index in [2.05, 4.69) is 0 Å². The summed E-state index contributed by atoms with van der Waals surface area (Å²) in [6, 6.07) is 4.94. The largest absolute Gasteiger partial charge is 0.497 e. The first-order chi connectivity index (χ1) is 9.74. The normalized spacial score (nSPS) is 14.8. The molecule has 1 aromatic rings. The van der Waals surface area contributed by atoms with Gasteiger partial charge in [-0.25, -0.2) is 0 Å². The summed E-state index contributed by atoms with van der Waals surface area (Å²) in [6.07, 6.45) is 3.98. The van der Waals surface area contributed by atoms with Gasteiger partial charge < -0.3 is 14.4 Å². The molecule has 0 saturated carbocycles. The molecule has 2 rings (SSSR count). The number of piperidine rings is 1. The van der Waals surface area contributed by atoms with Crippen LogP contribution in [0, 0.1) is 0 Å². The van der Waals surface area contributed by atoms with E-state index in [4.69, 9.17) is 9.47 Å². The second-order valence-electron chi connectivity index (χ2n) is 4.75. The van der Waals surface area contributed by atoms with Gasteiger partial charge in [0.2, 0.25) is 0 Å². The van der Waals surface area contributed by atoms with Crippen molar-refractivity contribution >= 4 is 12.2 Å². The first-order valence-corrected chi connectivity index (χ1v) is 6.78. The van der Waals surface area contributed by atoms with Crippen molar-refractivity contribution in [3.8, 4) is 11.5 Å². The molecule has 1 fully saturated rings. The van der Waals surface area contributed by atoms with E-state index in [9.17, 15) is 9.59 Å². The van der Waals surface area contributed by atoms with Gasteiger partial charge >= 0.3 is 0 Å². The van der Waals surface area contributed by atoms with Gasteiger partial charge in [-0.3, -0.25) is 9.59 Å². The van der Waals surface area contributed by atoms with Crippen molar-refractivity contribution in [1.82, 2.24) is 4.90 Å². The molecule has 0 radical (unpaired) electrons. The maximum atomic E-state index is 12.0. The Labute approximate surface area is 118 Å². The summed E-state index contributed by atoms with van der Waals surface area (Å²) in [4.78, 5) is 24.8. The number of methoxy groups -OCH3 is 1. The molecule has 5 heteroatoms. The van der Waals surface area contributed by atoms with Crippen LogP contribution in [0.25, 0.3) is 0 Å². The number of likely N-dealkylation sites (tertiary alicyclic amines) is 1. The zero-order valence-corrected chi connectivity index (χ0v) is 11.6. The Bertz CT molecular complexity index is 481. The predicted molar refractivity (Wildman–Crippen MR) is 74.3 cm³/mol. The van der Waals surface area contributed by atoms with Gasteiger partial charge in [0, 0.05) is 13.1 Å². The van der Waals surface area contributed by atoms with Crippen molar-refractivity contribution in [3.63, 3.8) is 0 Å². The third-order valence-electron chi connectivity index (χ3n) is 3.40. The number of aldehydes is 1. The second-order valence-corrected chi connectivity index (χ2v) is 4.75. The van der Waals surface area contributed by atoms with Gasteiger partial charge in [-0.05, 0) is 37.5 Å². The van der Waals surface area contributed by atoms with Crippen molar-refractivity contribution in [2.75, 3.05) is 26.8 Å². The van der Waals surface area contributed by atoms with Crippen LogP contribution in [-0.4, -0.2) is 43.9 Å². The molecule has 5 nitrogen and oxygen atoms in total. The van der Waals surface area contributed by atoms with Crippen LogP contribution in [0.5, 0.6) is 11.5 Å². The number of benzene rings is 1. The molecule has 1 aromatic carbocycles. The number of rotatable bonds is 5. The lowest BCUT2D eigenvalue weighted by molar-refractivity contribution is -0.134. The van der Waals surface area contributed by atoms with E-state index in [0.29, 0.717) is 23.3 Å². The summed E-state index contributed by atoms with van der Waals surface area (Å²) in [5.74, 6) is 0.963. The van der Waals surface area contributed by atoms with Crippen molar-refractivity contribution in [2.45, 2.75) is 19.3 Å². The maximum Gasteiger partial charge on any atom is 0.260 e. The molecule has 0 spiro atoms. The minimum absolute atomic E-state index is 0.0302. The van der Waals surface area contributed by atoms with Gasteiger partial charge in [-0.15, -0.1) is 0 Å². The number of carbonyl (C=O) groups excluding carboxylic acids is 2. The first kappa shape index (κ1) is 14.4. The fraction of sp³-hybridized carbons (Fsp3) is 0.467. The number of carbonyl (C=O) groups is 2. The summed E-state index contributed by atoms with van der Waals surface area (Å²) in [6.45, 7) is 1.56. The van der Waals surface area contributed by atoms with E-state index in [1.165, 1.54) is 13.5 Å². The molecular formula is C15H19NO4. The Kier molecular flexibility index (Phi) is 4.98. The van der Waals surface area contributed by atoms with Crippen molar-refractivity contribution in [3.05, 3.63) is 23.8 Å². The number of nitrogens with zero attached hydrogens (tertiary/aromatic N) is 1. The monoisotopic (exact) mass is 277 g/mol. The fourth-order valence-electron chi connectivity index (χ4n) is 2.25. The maximum absolute atomic E-state index is 12.0. The molecular weight excluding hydrogens is 258 g/mol. The van der Waals surface area contributed by atoms with Gasteiger partial charge in [0.15, 0.2) is 12.9 Å². The first-order valence-electron chi connectivity index (χ1n) is 6.78. The molecule has 20 heavy (non-hydrogen) atoms. The Morgan fingerprint density at radius 2 is 2.05 bits per heavy atom. The van der Waals surface area contributed by atoms with Crippen LogP contribution in [0.4, 0.5) is 0 Å². The van der Waals surface area contributed by atoms with Crippen LogP contribution in [0.1, 0.15) is 29.6 Å². The zero-order chi connectivity index (χ0) is 14.4. The molecule has 0 unspecified atom stereocenters. The topological polar surface area (TPSA) is 55.8 Å². The summed E-state index contributed by atoms with van der Waals surface area (Å²) in [7, 11) is 1.53. The van der Waals surface area contributed by atoms with Crippen molar-refractivity contribution < 1.29 is 19.1 Å². The zero-order valence-electron chi connectivity index (χ0n) is 11.6. The average molecular weight is 277 g/mol. The number of hydrogen-bond donors (Lipinski definition) is 0. The Hall–Kier alpha value is -2.04. The van der Waals surface area contributed by atoms with E-state index < -0.39 is 0 Å². The molecule has 0 aliphatic carbocycles. The lowest BCUT2D eigenvalue weighted by atomic mass is 10.1. The molecule has 0 bridgehead atoms. The van der Waals surface area contributed by atoms with E-state index in [0.717, 1.165) is 25.9 Å². The highest BCUT2D eigenvalue weighted by Crippen LogP contribution is 2.22. The van der Waals surface area contributed by atoms with Gasteiger partial charge in [0.05, 0.1) is 12.7 Å². The third kappa shape index (κ3) is 3.50. The molecule has 1 amide bonds. The Morgan fingerprint density at radius 1 is 1.30 bits per heavy atom. The van der Waals surface area contributed by atoms with Crippen LogP contribution >= 0.6 is 0 Å². The molecule has 1 aliphatic heterocycles. The highest BCUT2D eigenvalue weighted by molar-refractivity contribution is 5.81. The van der Waals surface area contributed by atoms with Crippen LogP contribution in [0.3, 0.4) is 0 Å². The number of ether oxygens (including phenoxy) is 2. The molecule has 1 saturated heterocycles. The molecule has 1 heterocycles. The summed E-state index contributed by atoms with van der Waals surface area (Å²) in [5.41, 5.74) is 0.385. The van der Waals surface area contributed by atoms with Gasteiger partial charge in [0.1, 0.15) is 11.5 Å². The summed E-state index contributed by atoms with van der Waals surface area (Å²) < 4.78 is 10.5. The van der Waals surface area contributed by atoms with Crippen molar-refractivity contribution in [1.29, 1.82) is 0 Å². The second kappa shape index (κ2) is 6.93. The van der Waals surface area contributed by atoms with E-state index >= 15 is 0 Å². The van der Waals surface area contributed by atoms with Crippen LogP contribution in [0.2, 0.25) is 0 Å². The molecule has 108 valence electrons. The van der Waals surface area contributed by atoms with E-state index in [-0.39, 0.29) is 12.5 Å². The van der Waals surface area contributed by atoms with Gasteiger partial charge in [-0.1, -0.05) is 0 Å². The summed E-state index contributed by atoms with van der Waals surface area (Å²) >= 11 is 0. The quantitative estimate of drug-likeness (QED) is 0.771. The standard InChI is InChI=1S/C15H19NO4/c1-19-13-5-6-14(12(9-13)10-17)20-11-15(18)16-7-3-2-4-8-16/h5-6,9-10H,2-4,7-8,11H2,1H3. The molecule has 0 aromatic heterocycles. The van der Waals surface area contributed by atoms with Crippen molar-refractivity contribution in [2.24, 2.45) is 0 Å². The minimum atomic E-state index is -0.0346. The predicted octanol–water partition coefficient (Wildman–Crippen LogP) is 1.90. The van der Waals surface area contributed by atoms with E-state index in [1.54, 1.807) is 18.2 Å². The highest BCUT2D eigenvalue weighted by atomic mass is 16.5. The smallest absolute Gasteiger partial charge is 0.260 e. The number of amides is 1. The Balaban J connectivity index is 1.96. The lowest BCUT2D eigenvalue weighted by Gasteiger charge is -2.26. The van der Waals surface area contributed by atoms with Crippen LogP contribution < -0.4 is 9.47 Å². The molecule has 0 atom stereocenters.